The Morgan fingerprint density at radius 3 is 2.95 bits per heavy atom. The van der Waals surface area contributed by atoms with Crippen molar-refractivity contribution in [2.75, 3.05) is 13.2 Å². The molecule has 1 saturated carbocycles. The molecule has 1 aromatic rings. The molecule has 2 N–H and O–H groups in total. The van der Waals surface area contributed by atoms with Crippen LogP contribution in [0.25, 0.3) is 0 Å². The standard InChI is InChI=1S/C14H19FN2O3S/c15-12-5-4-11(8-10(12)9-16)21(18,19)17-6-7-20-14-3-1-2-13(14)17/h4-5,8,13-14H,1-3,6-7,9,16H2. The molecule has 0 aromatic heterocycles. The fourth-order valence-corrected chi connectivity index (χ4v) is 4.91. The van der Waals surface area contributed by atoms with Gasteiger partial charge in [0.25, 0.3) is 0 Å². The monoisotopic (exact) mass is 314 g/mol. The maximum absolute atomic E-state index is 13.5. The Balaban J connectivity index is 1.96. The van der Waals surface area contributed by atoms with Crippen LogP contribution in [0, 0.1) is 5.82 Å². The molecule has 1 aromatic carbocycles. The zero-order valence-electron chi connectivity index (χ0n) is 11.7. The van der Waals surface area contributed by atoms with Crippen molar-refractivity contribution in [3.8, 4) is 0 Å². The van der Waals surface area contributed by atoms with Crippen LogP contribution in [0.15, 0.2) is 23.1 Å². The predicted molar refractivity (Wildman–Crippen MR) is 75.6 cm³/mol. The summed E-state index contributed by atoms with van der Waals surface area (Å²) < 4.78 is 46.3. The predicted octanol–water partition coefficient (Wildman–Crippen LogP) is 1.23. The number of hydrogen-bond acceptors (Lipinski definition) is 4. The molecule has 1 aliphatic carbocycles. The number of nitrogens with zero attached hydrogens (tertiary/aromatic N) is 1. The van der Waals surface area contributed by atoms with Crippen molar-refractivity contribution < 1.29 is 17.5 Å². The fourth-order valence-electron chi connectivity index (χ4n) is 3.19. The minimum absolute atomic E-state index is 0.0112. The summed E-state index contributed by atoms with van der Waals surface area (Å²) in [6, 6.07) is 3.71. The summed E-state index contributed by atoms with van der Waals surface area (Å²) in [6.07, 6.45) is 2.67. The molecule has 0 bridgehead atoms. The van der Waals surface area contributed by atoms with Gasteiger partial charge in [-0.1, -0.05) is 0 Å². The van der Waals surface area contributed by atoms with E-state index in [1.165, 1.54) is 22.5 Å². The molecule has 2 atom stereocenters. The van der Waals surface area contributed by atoms with Crippen LogP contribution in [-0.2, 0) is 21.3 Å². The molecule has 3 rings (SSSR count). The zero-order chi connectivity index (χ0) is 15.0. The molecule has 1 aliphatic heterocycles. The number of halogens is 1. The maximum Gasteiger partial charge on any atom is 0.243 e. The third-order valence-corrected chi connectivity index (χ3v) is 6.20. The number of benzene rings is 1. The minimum Gasteiger partial charge on any atom is -0.375 e. The van der Waals surface area contributed by atoms with Gasteiger partial charge < -0.3 is 10.5 Å². The molecular weight excluding hydrogens is 295 g/mol. The normalized spacial score (nSPS) is 26.8. The minimum atomic E-state index is -3.63. The zero-order valence-corrected chi connectivity index (χ0v) is 12.5. The number of rotatable bonds is 3. The Hall–Kier alpha value is -1.02. The van der Waals surface area contributed by atoms with E-state index in [9.17, 15) is 12.8 Å². The van der Waals surface area contributed by atoms with Crippen molar-refractivity contribution in [1.82, 2.24) is 4.31 Å². The van der Waals surface area contributed by atoms with Gasteiger partial charge >= 0.3 is 0 Å². The van der Waals surface area contributed by atoms with E-state index >= 15 is 0 Å². The molecule has 2 unspecified atom stereocenters. The van der Waals surface area contributed by atoms with Gasteiger partial charge in [-0.25, -0.2) is 12.8 Å². The number of nitrogens with two attached hydrogens (primary N) is 1. The quantitative estimate of drug-likeness (QED) is 0.911. The Labute approximate surface area is 123 Å². The molecule has 0 radical (unpaired) electrons. The second-order valence-corrected chi connectivity index (χ2v) is 7.37. The molecule has 5 nitrogen and oxygen atoms in total. The van der Waals surface area contributed by atoms with E-state index in [2.05, 4.69) is 0 Å². The van der Waals surface area contributed by atoms with E-state index in [4.69, 9.17) is 10.5 Å². The van der Waals surface area contributed by atoms with Gasteiger partial charge in [-0.2, -0.15) is 4.31 Å². The number of sulfonamides is 1. The molecule has 1 heterocycles. The third-order valence-electron chi connectivity index (χ3n) is 4.27. The molecular formula is C14H19FN2O3S. The Morgan fingerprint density at radius 2 is 2.19 bits per heavy atom. The molecule has 21 heavy (non-hydrogen) atoms. The van der Waals surface area contributed by atoms with Crippen LogP contribution < -0.4 is 5.73 Å². The lowest BCUT2D eigenvalue weighted by atomic mass is 10.2. The fraction of sp³-hybridized carbons (Fsp3) is 0.571. The topological polar surface area (TPSA) is 72.6 Å². The van der Waals surface area contributed by atoms with Gasteiger partial charge in [0.2, 0.25) is 10.0 Å². The van der Waals surface area contributed by atoms with Gasteiger partial charge in [-0.3, -0.25) is 0 Å². The first-order valence-electron chi connectivity index (χ1n) is 7.16. The summed E-state index contributed by atoms with van der Waals surface area (Å²) in [5.41, 5.74) is 5.67. The number of ether oxygens (including phenoxy) is 1. The lowest BCUT2D eigenvalue weighted by Gasteiger charge is -2.36. The first kappa shape index (κ1) is 14.9. The van der Waals surface area contributed by atoms with E-state index in [-0.39, 0.29) is 29.1 Å². The summed E-state index contributed by atoms with van der Waals surface area (Å²) in [5.74, 6) is -0.475. The highest BCUT2D eigenvalue weighted by atomic mass is 32.2. The van der Waals surface area contributed by atoms with Gasteiger partial charge in [0.1, 0.15) is 5.82 Å². The molecule has 116 valence electrons. The molecule has 7 heteroatoms. The van der Waals surface area contributed by atoms with E-state index < -0.39 is 15.8 Å². The van der Waals surface area contributed by atoms with Crippen molar-refractivity contribution in [2.45, 2.75) is 42.8 Å². The van der Waals surface area contributed by atoms with E-state index in [1.807, 2.05) is 0 Å². The summed E-state index contributed by atoms with van der Waals surface area (Å²) >= 11 is 0. The summed E-state index contributed by atoms with van der Waals surface area (Å²) in [6.45, 7) is 0.731. The van der Waals surface area contributed by atoms with Gasteiger partial charge in [-0.05, 0) is 37.5 Å². The van der Waals surface area contributed by atoms with E-state index in [0.717, 1.165) is 19.3 Å². The van der Waals surface area contributed by atoms with Crippen molar-refractivity contribution in [1.29, 1.82) is 0 Å². The van der Waals surface area contributed by atoms with Gasteiger partial charge in [0.05, 0.1) is 23.6 Å². The first-order valence-corrected chi connectivity index (χ1v) is 8.60. The van der Waals surface area contributed by atoms with Crippen molar-refractivity contribution >= 4 is 10.0 Å². The van der Waals surface area contributed by atoms with E-state index in [1.54, 1.807) is 0 Å². The van der Waals surface area contributed by atoms with Crippen LogP contribution in [0.1, 0.15) is 24.8 Å². The lowest BCUT2D eigenvalue weighted by Crippen LogP contribution is -2.51. The highest BCUT2D eigenvalue weighted by Crippen LogP contribution is 2.33. The summed E-state index contributed by atoms with van der Waals surface area (Å²) in [5, 5.41) is 0. The molecule has 2 aliphatic rings. The van der Waals surface area contributed by atoms with Crippen molar-refractivity contribution in [2.24, 2.45) is 5.73 Å². The van der Waals surface area contributed by atoms with Crippen molar-refractivity contribution in [3.05, 3.63) is 29.6 Å². The smallest absolute Gasteiger partial charge is 0.243 e. The van der Waals surface area contributed by atoms with Crippen LogP contribution in [0.4, 0.5) is 4.39 Å². The van der Waals surface area contributed by atoms with Gasteiger partial charge in [-0.15, -0.1) is 0 Å². The van der Waals surface area contributed by atoms with Crippen molar-refractivity contribution in [3.63, 3.8) is 0 Å². The number of fused-ring (bicyclic) bond motifs is 1. The Bertz CT molecular complexity index is 635. The SMILES string of the molecule is NCc1cc(S(=O)(=O)N2CCOC3CCCC32)ccc1F. The largest absolute Gasteiger partial charge is 0.375 e. The Morgan fingerprint density at radius 1 is 1.38 bits per heavy atom. The van der Waals surface area contributed by atoms with Crippen LogP contribution in [0.5, 0.6) is 0 Å². The van der Waals surface area contributed by atoms with Crippen LogP contribution in [-0.4, -0.2) is 38.0 Å². The van der Waals surface area contributed by atoms with Gasteiger partial charge in [0.15, 0.2) is 0 Å². The molecule has 1 saturated heterocycles. The third kappa shape index (κ3) is 2.59. The molecule has 0 amide bonds. The van der Waals surface area contributed by atoms with Crippen LogP contribution in [0.2, 0.25) is 0 Å². The van der Waals surface area contributed by atoms with E-state index in [0.29, 0.717) is 13.2 Å². The van der Waals surface area contributed by atoms with Crippen LogP contribution in [0.3, 0.4) is 0 Å². The lowest BCUT2D eigenvalue weighted by molar-refractivity contribution is -0.0241. The maximum atomic E-state index is 13.5. The number of hydrogen-bond donors (Lipinski definition) is 1. The summed E-state index contributed by atoms with van der Waals surface area (Å²) in [4.78, 5) is 0.108. The molecule has 2 fully saturated rings. The number of morpholine rings is 1. The first-order chi connectivity index (χ1) is 10.0. The average Bonchev–Trinajstić information content (AvgIpc) is 2.95. The second kappa shape index (κ2) is 5.64. The second-order valence-electron chi connectivity index (χ2n) is 5.48. The summed E-state index contributed by atoms with van der Waals surface area (Å²) in [7, 11) is -3.63. The molecule has 0 spiro atoms. The van der Waals surface area contributed by atoms with Gasteiger partial charge in [0, 0.05) is 18.7 Å². The highest BCUT2D eigenvalue weighted by molar-refractivity contribution is 7.89. The van der Waals surface area contributed by atoms with Crippen LogP contribution >= 0.6 is 0 Å². The average molecular weight is 314 g/mol. The highest BCUT2D eigenvalue weighted by Gasteiger charge is 2.42. The Kier molecular flexibility index (Phi) is 4.00.